The van der Waals surface area contributed by atoms with Crippen LogP contribution in [0.5, 0.6) is 5.75 Å². The van der Waals surface area contributed by atoms with E-state index in [1.807, 2.05) is 66.9 Å². The van der Waals surface area contributed by atoms with E-state index >= 15 is 0 Å². The average Bonchev–Trinajstić information content (AvgIpc) is 3.31. The van der Waals surface area contributed by atoms with Crippen LogP contribution >= 0.6 is 0 Å². The lowest BCUT2D eigenvalue weighted by Crippen LogP contribution is -2.35. The van der Waals surface area contributed by atoms with Crippen molar-refractivity contribution in [3.63, 3.8) is 0 Å². The molecule has 0 aliphatic carbocycles. The number of hydrogen-bond donors (Lipinski definition) is 3. The number of hydrogen-bond acceptors (Lipinski definition) is 6. The summed E-state index contributed by atoms with van der Waals surface area (Å²) in [6, 6.07) is 19.2. The molecule has 0 saturated carbocycles. The monoisotopic (exact) mass is 456 g/mol. The number of carbonyl (C=O) groups excluding carboxylic acids is 1. The maximum Gasteiger partial charge on any atom is 0.251 e. The van der Waals surface area contributed by atoms with E-state index in [0.29, 0.717) is 17.4 Å². The van der Waals surface area contributed by atoms with Gasteiger partial charge in [0.15, 0.2) is 5.65 Å². The lowest BCUT2D eigenvalue weighted by molar-refractivity contribution is 0.0944. The zero-order chi connectivity index (χ0) is 23.3. The molecule has 1 aliphatic rings. The number of benzene rings is 2. The van der Waals surface area contributed by atoms with E-state index in [1.165, 1.54) is 0 Å². The molecule has 0 unspecified atom stereocenters. The van der Waals surface area contributed by atoms with Gasteiger partial charge in [-0.3, -0.25) is 4.79 Å². The molecular weight excluding hydrogens is 428 g/mol. The van der Waals surface area contributed by atoms with Crippen LogP contribution in [0.2, 0.25) is 0 Å². The van der Waals surface area contributed by atoms with Crippen molar-refractivity contribution in [2.75, 3.05) is 32.1 Å². The highest BCUT2D eigenvalue weighted by Crippen LogP contribution is 2.26. The molecule has 0 spiro atoms. The van der Waals surface area contributed by atoms with Crippen molar-refractivity contribution >= 4 is 23.2 Å². The standard InChI is InChI=1S/C26H28N6O2/c1-34-22-10-6-19(7-11-22)23-3-2-16-32-24(23)30-26(31-32)29-21-8-4-20(5-9-21)25(33)28-17-18-12-14-27-15-13-18/h2-11,16,18,27H,12-15,17H2,1H3,(H,28,33)(H,29,31). The first-order valence-corrected chi connectivity index (χ1v) is 11.6. The summed E-state index contributed by atoms with van der Waals surface area (Å²) in [5.74, 6) is 1.81. The van der Waals surface area contributed by atoms with Crippen molar-refractivity contribution in [3.8, 4) is 16.9 Å². The normalized spacial score (nSPS) is 14.1. The number of ether oxygens (including phenoxy) is 1. The highest BCUT2D eigenvalue weighted by molar-refractivity contribution is 5.94. The van der Waals surface area contributed by atoms with Crippen molar-refractivity contribution in [3.05, 3.63) is 72.4 Å². The molecule has 4 aromatic rings. The molecule has 0 bridgehead atoms. The zero-order valence-electron chi connectivity index (χ0n) is 19.1. The summed E-state index contributed by atoms with van der Waals surface area (Å²) < 4.78 is 7.01. The van der Waals surface area contributed by atoms with Crippen LogP contribution in [0, 0.1) is 5.92 Å². The van der Waals surface area contributed by atoms with Gasteiger partial charge in [-0.1, -0.05) is 12.1 Å². The highest BCUT2D eigenvalue weighted by atomic mass is 16.5. The first-order chi connectivity index (χ1) is 16.7. The third-order valence-electron chi connectivity index (χ3n) is 6.18. The van der Waals surface area contributed by atoms with Crippen molar-refractivity contribution in [1.29, 1.82) is 0 Å². The van der Waals surface area contributed by atoms with E-state index in [4.69, 9.17) is 9.72 Å². The molecule has 8 nitrogen and oxygen atoms in total. The summed E-state index contributed by atoms with van der Waals surface area (Å²) in [6.07, 6.45) is 4.08. The van der Waals surface area contributed by atoms with Gasteiger partial charge in [-0.05, 0) is 85.9 Å². The van der Waals surface area contributed by atoms with E-state index in [1.54, 1.807) is 11.6 Å². The second kappa shape index (κ2) is 9.93. The second-order valence-electron chi connectivity index (χ2n) is 8.46. The summed E-state index contributed by atoms with van der Waals surface area (Å²) in [4.78, 5) is 17.2. The molecule has 2 aromatic heterocycles. The molecule has 8 heteroatoms. The van der Waals surface area contributed by atoms with Crippen molar-refractivity contribution in [2.24, 2.45) is 5.92 Å². The molecule has 34 heavy (non-hydrogen) atoms. The number of methoxy groups -OCH3 is 1. The van der Waals surface area contributed by atoms with Gasteiger partial charge in [0, 0.05) is 29.6 Å². The quantitative estimate of drug-likeness (QED) is 0.391. The molecule has 3 heterocycles. The number of anilines is 2. The summed E-state index contributed by atoms with van der Waals surface area (Å²) in [5.41, 5.74) is 4.22. The van der Waals surface area contributed by atoms with Crippen LogP contribution in [0.15, 0.2) is 66.9 Å². The van der Waals surface area contributed by atoms with Gasteiger partial charge in [0.2, 0.25) is 5.95 Å². The summed E-state index contributed by atoms with van der Waals surface area (Å²) in [6.45, 7) is 2.78. The maximum absolute atomic E-state index is 12.5. The minimum absolute atomic E-state index is 0.0416. The highest BCUT2D eigenvalue weighted by Gasteiger charge is 2.15. The van der Waals surface area contributed by atoms with Crippen molar-refractivity contribution in [1.82, 2.24) is 25.2 Å². The van der Waals surface area contributed by atoms with Crippen LogP contribution in [0.3, 0.4) is 0 Å². The Hall–Kier alpha value is -3.91. The van der Waals surface area contributed by atoms with Crippen LogP contribution in [0.1, 0.15) is 23.2 Å². The van der Waals surface area contributed by atoms with E-state index in [0.717, 1.165) is 60.7 Å². The molecule has 174 valence electrons. The van der Waals surface area contributed by atoms with Crippen LogP contribution in [0.4, 0.5) is 11.6 Å². The smallest absolute Gasteiger partial charge is 0.251 e. The molecule has 0 radical (unpaired) electrons. The van der Waals surface area contributed by atoms with Gasteiger partial charge in [0.1, 0.15) is 5.75 Å². The van der Waals surface area contributed by atoms with Gasteiger partial charge < -0.3 is 20.7 Å². The lowest BCUT2D eigenvalue weighted by atomic mass is 9.98. The van der Waals surface area contributed by atoms with Gasteiger partial charge >= 0.3 is 0 Å². The molecule has 5 rings (SSSR count). The Morgan fingerprint density at radius 1 is 1.09 bits per heavy atom. The van der Waals surface area contributed by atoms with E-state index in [-0.39, 0.29) is 5.91 Å². The van der Waals surface area contributed by atoms with Crippen LogP contribution in [-0.4, -0.2) is 47.2 Å². The van der Waals surface area contributed by atoms with Gasteiger partial charge in [0.25, 0.3) is 5.91 Å². The Morgan fingerprint density at radius 3 is 2.59 bits per heavy atom. The fourth-order valence-electron chi connectivity index (χ4n) is 4.21. The molecule has 1 fully saturated rings. The first-order valence-electron chi connectivity index (χ1n) is 11.6. The van der Waals surface area contributed by atoms with E-state index in [2.05, 4.69) is 21.0 Å². The number of amides is 1. The van der Waals surface area contributed by atoms with E-state index in [9.17, 15) is 4.79 Å². The molecule has 1 aliphatic heterocycles. The largest absolute Gasteiger partial charge is 0.497 e. The van der Waals surface area contributed by atoms with Crippen molar-refractivity contribution in [2.45, 2.75) is 12.8 Å². The molecule has 2 aromatic carbocycles. The summed E-state index contributed by atoms with van der Waals surface area (Å²) >= 11 is 0. The van der Waals surface area contributed by atoms with Gasteiger partial charge in [-0.15, -0.1) is 5.10 Å². The fourth-order valence-corrected chi connectivity index (χ4v) is 4.21. The van der Waals surface area contributed by atoms with Crippen LogP contribution in [0.25, 0.3) is 16.8 Å². The van der Waals surface area contributed by atoms with Gasteiger partial charge in [-0.25, -0.2) is 4.52 Å². The first kappa shape index (κ1) is 21.9. The number of carbonyl (C=O) groups is 1. The number of pyridine rings is 1. The van der Waals surface area contributed by atoms with Gasteiger partial charge in [0.05, 0.1) is 7.11 Å². The third-order valence-corrected chi connectivity index (χ3v) is 6.18. The molecule has 1 saturated heterocycles. The number of nitrogens with zero attached hydrogens (tertiary/aromatic N) is 3. The number of nitrogens with one attached hydrogen (secondary N) is 3. The van der Waals surface area contributed by atoms with E-state index < -0.39 is 0 Å². The predicted molar refractivity (Wildman–Crippen MR) is 133 cm³/mol. The number of fused-ring (bicyclic) bond motifs is 1. The summed E-state index contributed by atoms with van der Waals surface area (Å²) in [5, 5.41) is 14.2. The maximum atomic E-state index is 12.5. The Kier molecular flexibility index (Phi) is 6.40. The van der Waals surface area contributed by atoms with Crippen LogP contribution in [-0.2, 0) is 0 Å². The second-order valence-corrected chi connectivity index (χ2v) is 8.46. The molecule has 0 atom stereocenters. The van der Waals surface area contributed by atoms with Crippen molar-refractivity contribution < 1.29 is 9.53 Å². The molecule has 3 N–H and O–H groups in total. The minimum Gasteiger partial charge on any atom is -0.497 e. The Labute approximate surface area is 198 Å². The Balaban J connectivity index is 1.27. The fraction of sp³-hybridized carbons (Fsp3) is 0.269. The number of piperidine rings is 1. The number of aromatic nitrogens is 3. The predicted octanol–water partition coefficient (Wildman–Crippen LogP) is 3.88. The zero-order valence-corrected chi connectivity index (χ0v) is 19.1. The lowest BCUT2D eigenvalue weighted by Gasteiger charge is -2.22. The minimum atomic E-state index is -0.0416. The Bertz CT molecular complexity index is 1260. The van der Waals surface area contributed by atoms with Gasteiger partial charge in [-0.2, -0.15) is 4.98 Å². The molecular formula is C26H28N6O2. The molecule has 1 amide bonds. The Morgan fingerprint density at radius 2 is 1.85 bits per heavy atom. The topological polar surface area (TPSA) is 92.6 Å². The number of rotatable bonds is 7. The average molecular weight is 457 g/mol. The van der Waals surface area contributed by atoms with Crippen LogP contribution < -0.4 is 20.7 Å². The SMILES string of the molecule is COc1ccc(-c2cccn3nc(Nc4ccc(C(=O)NCC5CCNCC5)cc4)nc23)cc1. The third kappa shape index (κ3) is 4.87. The summed E-state index contributed by atoms with van der Waals surface area (Å²) in [7, 11) is 1.65.